The highest BCUT2D eigenvalue weighted by Gasteiger charge is 2.22. The van der Waals surface area contributed by atoms with Crippen LogP contribution in [0.2, 0.25) is 5.02 Å². The molecule has 2 atom stereocenters. The van der Waals surface area contributed by atoms with Crippen molar-refractivity contribution in [3.63, 3.8) is 0 Å². The maximum atomic E-state index is 6.36. The second-order valence-electron chi connectivity index (χ2n) is 6.37. The fourth-order valence-corrected chi connectivity index (χ4v) is 4.43. The van der Waals surface area contributed by atoms with Gasteiger partial charge in [0.2, 0.25) is 0 Å². The molecule has 0 radical (unpaired) electrons. The zero-order valence-electron chi connectivity index (χ0n) is 14.2. The fraction of sp³-hybridized carbons (Fsp3) is 0.316. The molecule has 0 bridgehead atoms. The van der Waals surface area contributed by atoms with Crippen molar-refractivity contribution in [2.75, 3.05) is 20.3 Å². The summed E-state index contributed by atoms with van der Waals surface area (Å²) < 4.78 is 12.5. The van der Waals surface area contributed by atoms with E-state index in [1.54, 1.807) is 11.3 Å². The number of benzene rings is 2. The van der Waals surface area contributed by atoms with Gasteiger partial charge in [0, 0.05) is 5.56 Å². The highest BCUT2D eigenvalue weighted by molar-refractivity contribution is 7.18. The first-order chi connectivity index (χ1) is 12.1. The predicted octanol–water partition coefficient (Wildman–Crippen LogP) is 3.50. The lowest BCUT2D eigenvalue weighted by molar-refractivity contribution is -0.923. The molecule has 6 heteroatoms. The summed E-state index contributed by atoms with van der Waals surface area (Å²) in [6.07, 6.45) is 0. The molecular formula is C19H20ClN2O2S+. The van der Waals surface area contributed by atoms with Crippen molar-refractivity contribution in [1.29, 1.82) is 0 Å². The van der Waals surface area contributed by atoms with Gasteiger partial charge in [-0.05, 0) is 31.2 Å². The van der Waals surface area contributed by atoms with E-state index in [-0.39, 0.29) is 0 Å². The Bertz CT molecular complexity index is 879. The normalized spacial score (nSPS) is 16.0. The number of halogens is 1. The standard InChI is InChI=1S/C19H19ClN2O2S/c1-12(19-21-15-5-3-4-6-17(15)25-19)22(2)11-13-9-14(20)18-16(10-13)23-7-8-24-18/h3-6,9-10,12H,7-8,11H2,1-2H3/p+1/t12-/m1/s1. The average molecular weight is 376 g/mol. The molecular weight excluding hydrogens is 356 g/mol. The summed E-state index contributed by atoms with van der Waals surface area (Å²) in [6.45, 7) is 4.17. The Balaban J connectivity index is 1.54. The Morgan fingerprint density at radius 3 is 2.88 bits per heavy atom. The molecule has 1 aliphatic rings. The molecule has 0 spiro atoms. The number of thiazole rings is 1. The van der Waals surface area contributed by atoms with Crippen molar-refractivity contribution in [3.8, 4) is 11.5 Å². The van der Waals surface area contributed by atoms with E-state index >= 15 is 0 Å². The topological polar surface area (TPSA) is 35.8 Å². The first-order valence-electron chi connectivity index (χ1n) is 8.37. The van der Waals surface area contributed by atoms with Crippen LogP contribution < -0.4 is 14.4 Å². The molecule has 2 aromatic carbocycles. The quantitative estimate of drug-likeness (QED) is 0.758. The van der Waals surface area contributed by atoms with E-state index in [0.29, 0.717) is 30.0 Å². The molecule has 3 aromatic rings. The van der Waals surface area contributed by atoms with Gasteiger partial charge in [0.1, 0.15) is 25.8 Å². The Morgan fingerprint density at radius 1 is 1.24 bits per heavy atom. The molecule has 0 saturated heterocycles. The third-order valence-corrected chi connectivity index (χ3v) is 6.06. The predicted molar refractivity (Wildman–Crippen MR) is 101 cm³/mol. The molecule has 0 aliphatic carbocycles. The van der Waals surface area contributed by atoms with Crippen LogP contribution in [0.15, 0.2) is 36.4 Å². The molecule has 1 unspecified atom stereocenters. The third kappa shape index (κ3) is 3.32. The first-order valence-corrected chi connectivity index (χ1v) is 9.57. The molecule has 0 fully saturated rings. The largest absolute Gasteiger partial charge is 0.486 e. The van der Waals surface area contributed by atoms with Gasteiger partial charge in [-0.3, -0.25) is 0 Å². The minimum Gasteiger partial charge on any atom is -0.486 e. The van der Waals surface area contributed by atoms with Crippen molar-refractivity contribution >= 4 is 33.2 Å². The summed E-state index contributed by atoms with van der Waals surface area (Å²) in [5.74, 6) is 1.41. The van der Waals surface area contributed by atoms with Crippen LogP contribution in [0.3, 0.4) is 0 Å². The van der Waals surface area contributed by atoms with Gasteiger partial charge in [0.15, 0.2) is 16.5 Å². The molecule has 4 rings (SSSR count). The van der Waals surface area contributed by atoms with E-state index in [4.69, 9.17) is 26.1 Å². The fourth-order valence-electron chi connectivity index (χ4n) is 3.03. The van der Waals surface area contributed by atoms with Gasteiger partial charge in [-0.1, -0.05) is 23.7 Å². The molecule has 1 aliphatic heterocycles. The summed E-state index contributed by atoms with van der Waals surface area (Å²) in [6, 6.07) is 12.6. The molecule has 1 aromatic heterocycles. The molecule has 1 N–H and O–H groups in total. The summed E-state index contributed by atoms with van der Waals surface area (Å²) in [5, 5.41) is 1.77. The minimum absolute atomic E-state index is 0.296. The SMILES string of the molecule is C[C@H](c1nc2ccccc2s1)[NH+](C)Cc1cc(Cl)c2c(c1)OCCO2. The number of rotatable bonds is 4. The van der Waals surface area contributed by atoms with Crippen LogP contribution in [-0.2, 0) is 6.54 Å². The number of quaternary nitrogens is 1. The van der Waals surface area contributed by atoms with Crippen molar-refractivity contribution in [3.05, 3.63) is 52.0 Å². The van der Waals surface area contributed by atoms with Crippen LogP contribution in [0.5, 0.6) is 11.5 Å². The van der Waals surface area contributed by atoms with E-state index in [0.717, 1.165) is 28.4 Å². The summed E-state index contributed by atoms with van der Waals surface area (Å²) in [4.78, 5) is 6.14. The van der Waals surface area contributed by atoms with Crippen molar-refractivity contribution in [2.24, 2.45) is 0 Å². The number of fused-ring (bicyclic) bond motifs is 2. The number of nitrogens with one attached hydrogen (secondary N) is 1. The zero-order valence-corrected chi connectivity index (χ0v) is 15.8. The Labute approximate surface area is 156 Å². The van der Waals surface area contributed by atoms with Crippen molar-refractivity contribution < 1.29 is 14.4 Å². The number of ether oxygens (including phenoxy) is 2. The van der Waals surface area contributed by atoms with E-state index in [2.05, 4.69) is 32.2 Å². The monoisotopic (exact) mass is 375 g/mol. The molecule has 4 nitrogen and oxygen atoms in total. The van der Waals surface area contributed by atoms with Crippen LogP contribution in [0.4, 0.5) is 0 Å². The maximum absolute atomic E-state index is 6.36. The highest BCUT2D eigenvalue weighted by Crippen LogP contribution is 2.38. The second-order valence-corrected chi connectivity index (χ2v) is 7.84. The lowest BCUT2D eigenvalue weighted by atomic mass is 10.1. The third-order valence-electron chi connectivity index (χ3n) is 4.56. The number of nitrogens with zero attached hydrogens (tertiary/aromatic N) is 1. The van der Waals surface area contributed by atoms with E-state index in [1.165, 1.54) is 9.60 Å². The Hall–Kier alpha value is -1.82. The Morgan fingerprint density at radius 2 is 2.04 bits per heavy atom. The summed E-state index contributed by atoms with van der Waals surface area (Å²) >= 11 is 8.12. The minimum atomic E-state index is 0.296. The van der Waals surface area contributed by atoms with Crippen LogP contribution in [-0.4, -0.2) is 25.2 Å². The van der Waals surface area contributed by atoms with E-state index < -0.39 is 0 Å². The number of hydrogen-bond acceptors (Lipinski definition) is 4. The van der Waals surface area contributed by atoms with Crippen molar-refractivity contribution in [2.45, 2.75) is 19.5 Å². The van der Waals surface area contributed by atoms with E-state index in [1.807, 2.05) is 18.2 Å². The molecule has 0 saturated carbocycles. The highest BCUT2D eigenvalue weighted by atomic mass is 35.5. The van der Waals surface area contributed by atoms with Gasteiger partial charge >= 0.3 is 0 Å². The molecule has 2 heterocycles. The van der Waals surface area contributed by atoms with Crippen LogP contribution in [0.1, 0.15) is 23.5 Å². The zero-order chi connectivity index (χ0) is 17.4. The lowest BCUT2D eigenvalue weighted by Gasteiger charge is -2.23. The van der Waals surface area contributed by atoms with Crippen LogP contribution in [0, 0.1) is 0 Å². The summed E-state index contributed by atoms with van der Waals surface area (Å²) in [7, 11) is 2.18. The van der Waals surface area contributed by atoms with Gasteiger partial charge in [-0.25, -0.2) is 4.98 Å². The number of hydrogen-bond donors (Lipinski definition) is 1. The van der Waals surface area contributed by atoms with E-state index in [9.17, 15) is 0 Å². The van der Waals surface area contributed by atoms with Crippen LogP contribution in [0.25, 0.3) is 10.2 Å². The second kappa shape index (κ2) is 6.83. The van der Waals surface area contributed by atoms with Gasteiger partial charge < -0.3 is 14.4 Å². The first kappa shape index (κ1) is 16.6. The maximum Gasteiger partial charge on any atom is 0.179 e. The molecule has 130 valence electrons. The van der Waals surface area contributed by atoms with Gasteiger partial charge in [0.05, 0.1) is 22.3 Å². The van der Waals surface area contributed by atoms with Crippen LogP contribution >= 0.6 is 22.9 Å². The van der Waals surface area contributed by atoms with Gasteiger partial charge in [-0.15, -0.1) is 11.3 Å². The molecule has 25 heavy (non-hydrogen) atoms. The summed E-state index contributed by atoms with van der Waals surface area (Å²) in [5.41, 5.74) is 2.21. The molecule has 0 amide bonds. The average Bonchev–Trinajstić information content (AvgIpc) is 3.05. The number of aromatic nitrogens is 1. The smallest absolute Gasteiger partial charge is 0.179 e. The lowest BCUT2D eigenvalue weighted by Crippen LogP contribution is -3.07. The Kier molecular flexibility index (Phi) is 4.54. The van der Waals surface area contributed by atoms with Gasteiger partial charge in [-0.2, -0.15) is 0 Å². The van der Waals surface area contributed by atoms with Crippen molar-refractivity contribution in [1.82, 2.24) is 4.98 Å². The number of para-hydroxylation sites is 1. The van der Waals surface area contributed by atoms with Gasteiger partial charge in [0.25, 0.3) is 0 Å².